The highest BCUT2D eigenvalue weighted by Crippen LogP contribution is 2.42. The van der Waals surface area contributed by atoms with Crippen LogP contribution in [0.15, 0.2) is 42.0 Å². The molecule has 0 amide bonds. The zero-order chi connectivity index (χ0) is 24.2. The van der Waals surface area contributed by atoms with E-state index in [1.807, 2.05) is 55.2 Å². The van der Waals surface area contributed by atoms with E-state index in [0.717, 1.165) is 16.7 Å². The van der Waals surface area contributed by atoms with Gasteiger partial charge in [-0.2, -0.15) is 0 Å². The van der Waals surface area contributed by atoms with Crippen LogP contribution in [0.2, 0.25) is 0 Å². The molecule has 3 N–H and O–H groups in total. The first kappa shape index (κ1) is 25.0. The Balaban J connectivity index is 1.81. The Kier molecular flexibility index (Phi) is 7.97. The third-order valence-corrected chi connectivity index (χ3v) is 6.51. The highest BCUT2D eigenvalue weighted by Gasteiger charge is 2.31. The van der Waals surface area contributed by atoms with E-state index >= 15 is 0 Å². The summed E-state index contributed by atoms with van der Waals surface area (Å²) >= 11 is 0. The van der Waals surface area contributed by atoms with Gasteiger partial charge in [-0.25, -0.2) is 4.79 Å². The topological polar surface area (TPSA) is 117 Å². The van der Waals surface area contributed by atoms with Gasteiger partial charge in [-0.15, -0.1) is 0 Å². The molecule has 0 saturated carbocycles. The molecule has 0 aliphatic carbocycles. The molecular weight excluding hydrogens is 445 g/mol. The summed E-state index contributed by atoms with van der Waals surface area (Å²) in [5.74, 6) is -0.139. The zero-order valence-corrected chi connectivity index (χ0v) is 20.0. The zero-order valence-electron chi connectivity index (χ0n) is 19.1. The number of carbonyl (C=O) groups is 1. The van der Waals surface area contributed by atoms with Crippen molar-refractivity contribution in [3.8, 4) is 11.5 Å². The number of rotatable bonds is 10. The van der Waals surface area contributed by atoms with Crippen LogP contribution in [0.3, 0.4) is 0 Å². The number of esters is 1. The lowest BCUT2D eigenvalue weighted by atomic mass is 9.95. The van der Waals surface area contributed by atoms with Crippen molar-refractivity contribution < 1.29 is 33.7 Å². The van der Waals surface area contributed by atoms with Gasteiger partial charge in [0, 0.05) is 30.8 Å². The number of fused-ring (bicyclic) bond motifs is 1. The summed E-state index contributed by atoms with van der Waals surface area (Å²) in [6.45, 7) is 5.15. The number of cyclic esters (lactones) is 1. The number of phenolic OH excluding ortho intramolecular Hbond substituents is 1. The van der Waals surface area contributed by atoms with Crippen molar-refractivity contribution in [1.82, 2.24) is 4.90 Å². The third-order valence-electron chi connectivity index (χ3n) is 5.73. The number of methoxy groups -OCH3 is 1. The molecule has 0 radical (unpaired) electrons. The molecular formula is C24H30NO7P. The maximum atomic E-state index is 12.1. The Hall–Kier alpha value is -2.64. The van der Waals surface area contributed by atoms with Crippen LogP contribution in [0, 0.1) is 6.92 Å². The van der Waals surface area contributed by atoms with Crippen molar-refractivity contribution in [1.29, 1.82) is 0 Å². The first-order valence-corrected chi connectivity index (χ1v) is 12.4. The summed E-state index contributed by atoms with van der Waals surface area (Å²) in [5.41, 5.74) is 4.12. The van der Waals surface area contributed by atoms with Gasteiger partial charge in [-0.1, -0.05) is 42.0 Å². The van der Waals surface area contributed by atoms with Gasteiger partial charge in [0.25, 0.3) is 0 Å². The Bertz CT molecular complexity index is 1090. The second-order valence-corrected chi connectivity index (χ2v) is 10.0. The molecule has 0 unspecified atom stereocenters. The molecule has 1 heterocycles. The van der Waals surface area contributed by atoms with Crippen LogP contribution in [-0.2, 0) is 28.9 Å². The average molecular weight is 475 g/mol. The van der Waals surface area contributed by atoms with E-state index in [4.69, 9.17) is 9.47 Å². The number of benzene rings is 2. The van der Waals surface area contributed by atoms with Crippen molar-refractivity contribution in [2.75, 3.05) is 26.4 Å². The van der Waals surface area contributed by atoms with Crippen LogP contribution < -0.4 is 4.74 Å². The number of ether oxygens (including phenoxy) is 2. The minimum absolute atomic E-state index is 0.118. The van der Waals surface area contributed by atoms with E-state index in [0.29, 0.717) is 36.4 Å². The van der Waals surface area contributed by atoms with E-state index in [1.165, 1.54) is 7.11 Å². The third kappa shape index (κ3) is 6.24. The van der Waals surface area contributed by atoms with Crippen molar-refractivity contribution in [2.24, 2.45) is 0 Å². The maximum absolute atomic E-state index is 12.1. The van der Waals surface area contributed by atoms with Crippen LogP contribution in [0.5, 0.6) is 11.5 Å². The van der Waals surface area contributed by atoms with Crippen LogP contribution in [0.1, 0.15) is 39.5 Å². The SMILES string of the molecule is COc1c(C)c2c(c(O)c1CC=C(C)CN(CCP(=O)(O)O)Cc1ccccc1)C(=O)OC2. The molecule has 0 atom stereocenters. The van der Waals surface area contributed by atoms with E-state index < -0.39 is 13.6 Å². The summed E-state index contributed by atoms with van der Waals surface area (Å²) < 4.78 is 22.0. The molecule has 0 bridgehead atoms. The van der Waals surface area contributed by atoms with Crippen LogP contribution in [0.25, 0.3) is 0 Å². The first-order valence-electron chi connectivity index (χ1n) is 10.7. The van der Waals surface area contributed by atoms with Gasteiger partial charge in [0.05, 0.1) is 13.3 Å². The van der Waals surface area contributed by atoms with Gasteiger partial charge in [0.15, 0.2) is 0 Å². The number of hydrogen-bond acceptors (Lipinski definition) is 6. The van der Waals surface area contributed by atoms with E-state index in [2.05, 4.69) is 0 Å². The number of allylic oxidation sites excluding steroid dienone is 1. The van der Waals surface area contributed by atoms with Gasteiger partial charge >= 0.3 is 13.6 Å². The van der Waals surface area contributed by atoms with Crippen LogP contribution in [-0.4, -0.2) is 52.1 Å². The number of carbonyl (C=O) groups excluding carboxylic acids is 1. The van der Waals surface area contributed by atoms with Gasteiger partial charge in [-0.05, 0) is 31.4 Å². The van der Waals surface area contributed by atoms with Gasteiger partial charge in [0.2, 0.25) is 0 Å². The Labute approximate surface area is 193 Å². The summed E-state index contributed by atoms with van der Waals surface area (Å²) in [6.07, 6.45) is 2.03. The quantitative estimate of drug-likeness (QED) is 0.271. The van der Waals surface area contributed by atoms with Crippen LogP contribution in [0.4, 0.5) is 0 Å². The fourth-order valence-electron chi connectivity index (χ4n) is 4.05. The van der Waals surface area contributed by atoms with Gasteiger partial charge in [0.1, 0.15) is 23.7 Å². The van der Waals surface area contributed by atoms with Crippen LogP contribution >= 0.6 is 7.60 Å². The van der Waals surface area contributed by atoms with E-state index in [-0.39, 0.29) is 30.6 Å². The minimum atomic E-state index is -4.12. The predicted molar refractivity (Wildman–Crippen MR) is 125 cm³/mol. The molecule has 0 saturated heterocycles. The van der Waals surface area contributed by atoms with Gasteiger partial charge in [-0.3, -0.25) is 9.46 Å². The molecule has 0 spiro atoms. The Morgan fingerprint density at radius 2 is 1.97 bits per heavy atom. The summed E-state index contributed by atoms with van der Waals surface area (Å²) in [7, 11) is -2.60. The van der Waals surface area contributed by atoms with Crippen molar-refractivity contribution in [3.63, 3.8) is 0 Å². The highest BCUT2D eigenvalue weighted by molar-refractivity contribution is 7.51. The summed E-state index contributed by atoms with van der Waals surface area (Å²) in [5, 5.41) is 10.8. The number of phenols is 1. The lowest BCUT2D eigenvalue weighted by Gasteiger charge is -2.23. The standard InChI is InChI=1S/C24H30NO7P/c1-16(13-25(11-12-33(28,29)30)14-18-7-5-4-6-8-18)9-10-19-22(26)21-20(15-32-24(21)27)17(2)23(19)31-3/h4-9,26H,10-15H2,1-3H3,(H2,28,29,30). The average Bonchev–Trinajstić information content (AvgIpc) is 3.15. The molecule has 1 aliphatic heterocycles. The first-order chi connectivity index (χ1) is 15.6. The second kappa shape index (κ2) is 10.5. The molecule has 0 aromatic heterocycles. The molecule has 8 nitrogen and oxygen atoms in total. The fraction of sp³-hybridized carbons (Fsp3) is 0.375. The summed E-state index contributed by atoms with van der Waals surface area (Å²) in [4.78, 5) is 32.7. The largest absolute Gasteiger partial charge is 0.507 e. The van der Waals surface area contributed by atoms with Crippen molar-refractivity contribution in [3.05, 3.63) is 69.8 Å². The molecule has 2 aromatic carbocycles. The molecule has 0 fully saturated rings. The second-order valence-electron chi connectivity index (χ2n) is 8.25. The fourth-order valence-corrected chi connectivity index (χ4v) is 4.59. The normalized spacial score (nSPS) is 13.9. The number of aromatic hydroxyl groups is 1. The van der Waals surface area contributed by atoms with E-state index in [9.17, 15) is 24.3 Å². The van der Waals surface area contributed by atoms with E-state index in [1.54, 1.807) is 0 Å². The molecule has 2 aromatic rings. The number of nitrogens with zero attached hydrogens (tertiary/aromatic N) is 1. The number of hydrogen-bond donors (Lipinski definition) is 3. The maximum Gasteiger partial charge on any atom is 0.342 e. The van der Waals surface area contributed by atoms with Gasteiger partial charge < -0.3 is 24.4 Å². The molecule has 178 valence electrons. The molecule has 33 heavy (non-hydrogen) atoms. The highest BCUT2D eigenvalue weighted by atomic mass is 31.2. The smallest absolute Gasteiger partial charge is 0.342 e. The Morgan fingerprint density at radius 1 is 1.27 bits per heavy atom. The molecule has 9 heteroatoms. The predicted octanol–water partition coefficient (Wildman–Crippen LogP) is 3.55. The minimum Gasteiger partial charge on any atom is -0.507 e. The molecule has 1 aliphatic rings. The molecule has 3 rings (SSSR count). The lowest BCUT2D eigenvalue weighted by Crippen LogP contribution is -2.28. The van der Waals surface area contributed by atoms with Crippen molar-refractivity contribution >= 4 is 13.6 Å². The monoisotopic (exact) mass is 475 g/mol. The van der Waals surface area contributed by atoms with Crippen molar-refractivity contribution in [2.45, 2.75) is 33.4 Å². The lowest BCUT2D eigenvalue weighted by molar-refractivity contribution is 0.0533. The summed E-state index contributed by atoms with van der Waals surface area (Å²) in [6, 6.07) is 9.71. The Morgan fingerprint density at radius 3 is 2.61 bits per heavy atom.